The number of hydrogen-bond donors (Lipinski definition) is 1. The average molecular weight is 312 g/mol. The summed E-state index contributed by atoms with van der Waals surface area (Å²) in [5.74, 6) is -1.21. The maximum Gasteiger partial charge on any atom is 0.150 e. The van der Waals surface area contributed by atoms with E-state index < -0.39 is 11.6 Å². The standard InChI is InChI=1S/C14H12BrF2N/c1-9(10-5-3-2-4-6-10)18-14-12(15)7-11(16)8-13(14)17/h2-9,18H,1H3. The first-order valence-corrected chi connectivity index (χ1v) is 6.33. The third-order valence-corrected chi connectivity index (χ3v) is 3.29. The molecule has 1 N–H and O–H groups in total. The van der Waals surface area contributed by atoms with Crippen LogP contribution in [0.2, 0.25) is 0 Å². The Balaban J connectivity index is 2.25. The van der Waals surface area contributed by atoms with Gasteiger partial charge in [-0.2, -0.15) is 0 Å². The van der Waals surface area contributed by atoms with E-state index in [-0.39, 0.29) is 11.7 Å². The number of nitrogens with one attached hydrogen (secondary N) is 1. The van der Waals surface area contributed by atoms with Crippen molar-refractivity contribution in [3.63, 3.8) is 0 Å². The maximum absolute atomic E-state index is 13.7. The van der Waals surface area contributed by atoms with Gasteiger partial charge in [0.05, 0.1) is 5.69 Å². The van der Waals surface area contributed by atoms with Gasteiger partial charge in [-0.15, -0.1) is 0 Å². The Morgan fingerprint density at radius 3 is 2.39 bits per heavy atom. The Morgan fingerprint density at radius 1 is 1.11 bits per heavy atom. The number of anilines is 1. The molecule has 0 radical (unpaired) electrons. The van der Waals surface area contributed by atoms with Crippen LogP contribution in [0.15, 0.2) is 46.9 Å². The van der Waals surface area contributed by atoms with Crippen LogP contribution < -0.4 is 5.32 Å². The molecule has 0 saturated carbocycles. The van der Waals surface area contributed by atoms with E-state index in [0.717, 1.165) is 11.6 Å². The molecule has 0 spiro atoms. The minimum Gasteiger partial charge on any atom is -0.375 e. The van der Waals surface area contributed by atoms with E-state index in [4.69, 9.17) is 0 Å². The maximum atomic E-state index is 13.7. The lowest BCUT2D eigenvalue weighted by Crippen LogP contribution is -2.08. The molecule has 1 unspecified atom stereocenters. The van der Waals surface area contributed by atoms with Crippen LogP contribution in [-0.4, -0.2) is 0 Å². The smallest absolute Gasteiger partial charge is 0.150 e. The van der Waals surface area contributed by atoms with E-state index in [2.05, 4.69) is 21.2 Å². The summed E-state index contributed by atoms with van der Waals surface area (Å²) in [5, 5.41) is 3.03. The lowest BCUT2D eigenvalue weighted by Gasteiger charge is -2.17. The molecule has 2 rings (SSSR count). The molecular weight excluding hydrogens is 300 g/mol. The summed E-state index contributed by atoms with van der Waals surface area (Å²) < 4.78 is 27.0. The highest BCUT2D eigenvalue weighted by molar-refractivity contribution is 9.10. The van der Waals surface area contributed by atoms with Crippen molar-refractivity contribution in [2.75, 3.05) is 5.32 Å². The predicted octanol–water partition coefficient (Wildman–Crippen LogP) is 4.90. The van der Waals surface area contributed by atoms with E-state index in [0.29, 0.717) is 4.47 Å². The minimum absolute atomic E-state index is 0.0672. The summed E-state index contributed by atoms with van der Waals surface area (Å²) in [6.07, 6.45) is 0. The highest BCUT2D eigenvalue weighted by atomic mass is 79.9. The van der Waals surface area contributed by atoms with Gasteiger partial charge in [0.25, 0.3) is 0 Å². The summed E-state index contributed by atoms with van der Waals surface area (Å²) in [5.41, 5.74) is 1.31. The van der Waals surface area contributed by atoms with Gasteiger partial charge in [-0.05, 0) is 34.5 Å². The number of rotatable bonds is 3. The molecular formula is C14H12BrF2N. The van der Waals surface area contributed by atoms with Crippen LogP contribution >= 0.6 is 15.9 Å². The number of hydrogen-bond acceptors (Lipinski definition) is 1. The van der Waals surface area contributed by atoms with Gasteiger partial charge >= 0.3 is 0 Å². The molecule has 0 aliphatic heterocycles. The molecule has 1 nitrogen and oxygen atoms in total. The average Bonchev–Trinajstić information content (AvgIpc) is 2.34. The molecule has 2 aromatic rings. The summed E-state index contributed by atoms with van der Waals surface area (Å²) in [6.45, 7) is 1.92. The van der Waals surface area contributed by atoms with Crippen molar-refractivity contribution in [1.82, 2.24) is 0 Å². The summed E-state index contributed by atoms with van der Waals surface area (Å²) >= 11 is 3.16. The van der Waals surface area contributed by atoms with Gasteiger partial charge in [-0.3, -0.25) is 0 Å². The van der Waals surface area contributed by atoms with Crippen LogP contribution in [0.4, 0.5) is 14.5 Å². The van der Waals surface area contributed by atoms with E-state index >= 15 is 0 Å². The van der Waals surface area contributed by atoms with E-state index in [1.807, 2.05) is 37.3 Å². The lowest BCUT2D eigenvalue weighted by molar-refractivity contribution is 0.582. The third-order valence-electron chi connectivity index (χ3n) is 2.67. The molecule has 0 aliphatic carbocycles. The fraction of sp³-hybridized carbons (Fsp3) is 0.143. The van der Waals surface area contributed by atoms with Gasteiger partial charge in [0, 0.05) is 16.6 Å². The molecule has 0 fully saturated rings. The topological polar surface area (TPSA) is 12.0 Å². The second-order valence-electron chi connectivity index (χ2n) is 4.02. The third kappa shape index (κ3) is 2.88. The predicted molar refractivity (Wildman–Crippen MR) is 72.5 cm³/mol. The van der Waals surface area contributed by atoms with Crippen molar-refractivity contribution >= 4 is 21.6 Å². The zero-order valence-corrected chi connectivity index (χ0v) is 11.3. The van der Waals surface area contributed by atoms with Crippen molar-refractivity contribution in [3.05, 3.63) is 64.1 Å². The summed E-state index contributed by atoms with van der Waals surface area (Å²) in [6, 6.07) is 11.7. The van der Waals surface area contributed by atoms with Crippen LogP contribution in [0.1, 0.15) is 18.5 Å². The largest absolute Gasteiger partial charge is 0.375 e. The summed E-state index contributed by atoms with van der Waals surface area (Å²) in [7, 11) is 0. The van der Waals surface area contributed by atoms with Gasteiger partial charge in [-0.1, -0.05) is 30.3 Å². The minimum atomic E-state index is -0.607. The van der Waals surface area contributed by atoms with Crippen molar-refractivity contribution in [2.24, 2.45) is 0 Å². The molecule has 4 heteroatoms. The quantitative estimate of drug-likeness (QED) is 0.850. The normalized spacial score (nSPS) is 12.2. The fourth-order valence-corrected chi connectivity index (χ4v) is 2.24. The molecule has 94 valence electrons. The highest BCUT2D eigenvalue weighted by Crippen LogP contribution is 2.30. The lowest BCUT2D eigenvalue weighted by atomic mass is 10.1. The Bertz CT molecular complexity index is 520. The molecule has 1 atom stereocenters. The van der Waals surface area contributed by atoms with Crippen LogP contribution in [0.5, 0.6) is 0 Å². The molecule has 18 heavy (non-hydrogen) atoms. The Kier molecular flexibility index (Phi) is 3.97. The SMILES string of the molecule is CC(Nc1c(F)cc(F)cc1Br)c1ccccc1. The van der Waals surface area contributed by atoms with Gasteiger partial charge in [-0.25, -0.2) is 8.78 Å². The molecule has 0 bridgehead atoms. The first-order valence-electron chi connectivity index (χ1n) is 5.54. The van der Waals surface area contributed by atoms with E-state index in [1.165, 1.54) is 6.07 Å². The molecule has 0 aliphatic rings. The molecule has 0 heterocycles. The van der Waals surface area contributed by atoms with E-state index in [9.17, 15) is 8.78 Å². The molecule has 0 amide bonds. The second-order valence-corrected chi connectivity index (χ2v) is 4.88. The van der Waals surface area contributed by atoms with Gasteiger partial charge in [0.2, 0.25) is 0 Å². The van der Waals surface area contributed by atoms with Crippen molar-refractivity contribution in [1.29, 1.82) is 0 Å². The molecule has 0 aromatic heterocycles. The number of benzene rings is 2. The van der Waals surface area contributed by atoms with Gasteiger partial charge in [0.1, 0.15) is 11.6 Å². The van der Waals surface area contributed by atoms with Crippen LogP contribution in [-0.2, 0) is 0 Å². The Labute approximate surface area is 113 Å². The van der Waals surface area contributed by atoms with Gasteiger partial charge < -0.3 is 5.32 Å². The first kappa shape index (κ1) is 13.0. The van der Waals surface area contributed by atoms with Crippen LogP contribution in [0.25, 0.3) is 0 Å². The first-order chi connectivity index (χ1) is 8.58. The van der Waals surface area contributed by atoms with Crippen molar-refractivity contribution in [3.8, 4) is 0 Å². The molecule has 2 aromatic carbocycles. The second kappa shape index (κ2) is 5.48. The highest BCUT2D eigenvalue weighted by Gasteiger charge is 2.12. The molecule has 0 saturated heterocycles. The monoisotopic (exact) mass is 311 g/mol. The van der Waals surface area contributed by atoms with Crippen molar-refractivity contribution < 1.29 is 8.78 Å². The fourth-order valence-electron chi connectivity index (χ4n) is 1.72. The Hall–Kier alpha value is -1.42. The zero-order chi connectivity index (χ0) is 13.1. The van der Waals surface area contributed by atoms with Gasteiger partial charge in [0.15, 0.2) is 0 Å². The van der Waals surface area contributed by atoms with Crippen molar-refractivity contribution in [2.45, 2.75) is 13.0 Å². The van der Waals surface area contributed by atoms with E-state index in [1.54, 1.807) is 0 Å². The summed E-state index contributed by atoms with van der Waals surface area (Å²) in [4.78, 5) is 0. The van der Waals surface area contributed by atoms with Crippen LogP contribution in [0, 0.1) is 11.6 Å². The van der Waals surface area contributed by atoms with Crippen LogP contribution in [0.3, 0.4) is 0 Å². The number of halogens is 3. The zero-order valence-electron chi connectivity index (χ0n) is 9.75. The Morgan fingerprint density at radius 2 is 1.78 bits per heavy atom.